The molecule has 4 nitrogen and oxygen atoms in total. The van der Waals surface area contributed by atoms with Crippen molar-refractivity contribution in [3.8, 4) is 0 Å². The lowest BCUT2D eigenvalue weighted by Gasteiger charge is -2.45. The Hall–Kier alpha value is -0.840. The lowest BCUT2D eigenvalue weighted by Crippen LogP contribution is -2.65. The second-order valence-electron chi connectivity index (χ2n) is 4.40. The first-order chi connectivity index (χ1) is 7.75. The number of nitrogens with two attached hydrogens (primary N) is 1. The Morgan fingerprint density at radius 1 is 1.50 bits per heavy atom. The number of hydrogen-bond donors (Lipinski definition) is 2. The molecule has 3 N–H and O–H groups in total. The molecule has 1 aromatic rings. The molecule has 1 aromatic heterocycles. The highest BCUT2D eigenvalue weighted by Crippen LogP contribution is 2.39. The van der Waals surface area contributed by atoms with Crippen LogP contribution in [0.2, 0.25) is 5.02 Å². The van der Waals surface area contributed by atoms with Gasteiger partial charge in [0.2, 0.25) is 0 Å². The van der Waals surface area contributed by atoms with E-state index in [0.717, 1.165) is 18.8 Å². The predicted octanol–water partition coefficient (Wildman–Crippen LogP) is 1.26. The Balaban J connectivity index is 1.69. The summed E-state index contributed by atoms with van der Waals surface area (Å²) in [4.78, 5) is 4.19. The van der Waals surface area contributed by atoms with Gasteiger partial charge in [-0.1, -0.05) is 11.6 Å². The smallest absolute Gasteiger partial charge is 0.126 e. The maximum absolute atomic E-state index is 6.09. The summed E-state index contributed by atoms with van der Waals surface area (Å²) < 4.78 is 5.63. The van der Waals surface area contributed by atoms with Gasteiger partial charge in [0.05, 0.1) is 17.2 Å². The van der Waals surface area contributed by atoms with Gasteiger partial charge in [-0.15, -0.1) is 0 Å². The fourth-order valence-corrected chi connectivity index (χ4v) is 2.67. The molecule has 4 atom stereocenters. The van der Waals surface area contributed by atoms with Crippen molar-refractivity contribution in [3.63, 3.8) is 0 Å². The monoisotopic (exact) mass is 239 g/mol. The van der Waals surface area contributed by atoms with Crippen LogP contribution < -0.4 is 11.1 Å². The van der Waals surface area contributed by atoms with Crippen LogP contribution >= 0.6 is 11.6 Å². The Morgan fingerprint density at radius 3 is 3.12 bits per heavy atom. The molecule has 3 rings (SSSR count). The third kappa shape index (κ3) is 1.57. The molecule has 2 aliphatic rings. The van der Waals surface area contributed by atoms with E-state index in [4.69, 9.17) is 22.1 Å². The van der Waals surface area contributed by atoms with Gasteiger partial charge >= 0.3 is 0 Å². The minimum atomic E-state index is 0.171. The third-order valence-electron chi connectivity index (χ3n) is 3.49. The van der Waals surface area contributed by atoms with Crippen LogP contribution in [0.5, 0.6) is 0 Å². The van der Waals surface area contributed by atoms with E-state index in [1.807, 2.05) is 12.1 Å². The largest absolute Gasteiger partial charge is 0.376 e. The minimum absolute atomic E-state index is 0.171. The number of aromatic nitrogens is 1. The van der Waals surface area contributed by atoms with E-state index in [0.29, 0.717) is 10.9 Å². The fourth-order valence-electron chi connectivity index (χ4n) is 2.56. The topological polar surface area (TPSA) is 60.2 Å². The lowest BCUT2D eigenvalue weighted by molar-refractivity contribution is 0.00524. The van der Waals surface area contributed by atoms with Gasteiger partial charge < -0.3 is 15.8 Å². The van der Waals surface area contributed by atoms with Gasteiger partial charge in [-0.2, -0.15) is 0 Å². The second-order valence-corrected chi connectivity index (χ2v) is 4.83. The molecule has 1 aliphatic heterocycles. The molecule has 16 heavy (non-hydrogen) atoms. The molecule has 4 unspecified atom stereocenters. The molecular weight excluding hydrogens is 226 g/mol. The molecule has 2 heterocycles. The second kappa shape index (κ2) is 3.87. The fraction of sp³-hybridized carbons (Fsp3) is 0.545. The van der Waals surface area contributed by atoms with E-state index in [-0.39, 0.29) is 18.2 Å². The van der Waals surface area contributed by atoms with Crippen molar-refractivity contribution in [1.82, 2.24) is 4.98 Å². The van der Waals surface area contributed by atoms with Crippen molar-refractivity contribution in [2.24, 2.45) is 11.7 Å². The third-order valence-corrected chi connectivity index (χ3v) is 3.71. The summed E-state index contributed by atoms with van der Waals surface area (Å²) in [7, 11) is 0. The van der Waals surface area contributed by atoms with Gasteiger partial charge in [-0.25, -0.2) is 4.98 Å². The molecule has 0 aromatic carbocycles. The number of fused-ring (bicyclic) bond motifs is 1. The minimum Gasteiger partial charge on any atom is -0.376 e. The summed E-state index contributed by atoms with van der Waals surface area (Å²) in [6.45, 7) is 0.829. The summed E-state index contributed by atoms with van der Waals surface area (Å²) in [5, 5.41) is 3.94. The summed E-state index contributed by atoms with van der Waals surface area (Å²) in [6, 6.07) is 4.02. The zero-order valence-corrected chi connectivity index (χ0v) is 9.52. The summed E-state index contributed by atoms with van der Waals surface area (Å²) in [6.07, 6.45) is 2.96. The Kier molecular flexibility index (Phi) is 2.50. The van der Waals surface area contributed by atoms with Crippen LogP contribution in [0.15, 0.2) is 18.3 Å². The van der Waals surface area contributed by atoms with Gasteiger partial charge in [-0.3, -0.25) is 0 Å². The molecule has 0 radical (unpaired) electrons. The number of anilines is 1. The Labute approximate surface area is 99.1 Å². The highest BCUT2D eigenvalue weighted by molar-refractivity contribution is 6.30. The first-order valence-corrected chi connectivity index (χ1v) is 5.89. The van der Waals surface area contributed by atoms with Gasteiger partial charge in [0, 0.05) is 24.8 Å². The van der Waals surface area contributed by atoms with Crippen molar-refractivity contribution >= 4 is 17.4 Å². The van der Waals surface area contributed by atoms with Crippen LogP contribution in [-0.4, -0.2) is 29.8 Å². The van der Waals surface area contributed by atoms with Crippen molar-refractivity contribution < 1.29 is 4.74 Å². The van der Waals surface area contributed by atoms with Crippen LogP contribution in [0.3, 0.4) is 0 Å². The number of hydrogen-bond acceptors (Lipinski definition) is 4. The number of nitrogens with one attached hydrogen (secondary N) is 1. The average molecular weight is 240 g/mol. The molecule has 2 fully saturated rings. The SMILES string of the molecule is NC1C2CCOC2C1Nc1ccc(Cl)cn1. The van der Waals surface area contributed by atoms with E-state index in [1.54, 1.807) is 6.20 Å². The molecule has 0 spiro atoms. The Bertz CT molecular complexity index is 383. The van der Waals surface area contributed by atoms with Gasteiger partial charge in [-0.05, 0) is 18.6 Å². The zero-order valence-electron chi connectivity index (χ0n) is 8.77. The van der Waals surface area contributed by atoms with E-state index in [1.165, 1.54) is 0 Å². The van der Waals surface area contributed by atoms with Crippen LogP contribution in [0.1, 0.15) is 6.42 Å². The van der Waals surface area contributed by atoms with E-state index < -0.39 is 0 Å². The molecule has 0 bridgehead atoms. The molecular formula is C11H14ClN3O. The van der Waals surface area contributed by atoms with Crippen LogP contribution in [-0.2, 0) is 4.74 Å². The van der Waals surface area contributed by atoms with E-state index >= 15 is 0 Å². The van der Waals surface area contributed by atoms with E-state index in [2.05, 4.69) is 10.3 Å². The van der Waals surface area contributed by atoms with Crippen molar-refractivity contribution in [1.29, 1.82) is 0 Å². The number of halogens is 1. The summed E-state index contributed by atoms with van der Waals surface area (Å²) in [5.41, 5.74) is 6.09. The molecule has 1 saturated carbocycles. The number of pyridine rings is 1. The molecule has 5 heteroatoms. The molecule has 0 amide bonds. The van der Waals surface area contributed by atoms with Crippen molar-refractivity contribution in [3.05, 3.63) is 23.4 Å². The average Bonchev–Trinajstić information content (AvgIpc) is 2.73. The van der Waals surface area contributed by atoms with E-state index in [9.17, 15) is 0 Å². The summed E-state index contributed by atoms with van der Waals surface area (Å²) >= 11 is 5.77. The predicted molar refractivity (Wildman–Crippen MR) is 62.5 cm³/mol. The van der Waals surface area contributed by atoms with Crippen molar-refractivity contribution in [2.75, 3.05) is 11.9 Å². The Morgan fingerprint density at radius 2 is 2.38 bits per heavy atom. The maximum Gasteiger partial charge on any atom is 0.126 e. The number of ether oxygens (including phenoxy) is 1. The number of nitrogens with zero attached hydrogens (tertiary/aromatic N) is 1. The quantitative estimate of drug-likeness (QED) is 0.816. The maximum atomic E-state index is 6.09. The number of rotatable bonds is 2. The van der Waals surface area contributed by atoms with Gasteiger partial charge in [0.25, 0.3) is 0 Å². The molecule has 1 saturated heterocycles. The van der Waals surface area contributed by atoms with Crippen molar-refractivity contribution in [2.45, 2.75) is 24.6 Å². The normalized spacial score (nSPS) is 36.6. The van der Waals surface area contributed by atoms with Crippen LogP contribution in [0, 0.1) is 5.92 Å². The molecule has 86 valence electrons. The molecule has 1 aliphatic carbocycles. The standard InChI is InChI=1S/C11H14ClN3O/c12-6-1-2-8(14-5-6)15-10-9(13)7-3-4-16-11(7)10/h1-2,5,7,9-11H,3-4,13H2,(H,14,15). The first-order valence-electron chi connectivity index (χ1n) is 5.51. The van der Waals surface area contributed by atoms with Gasteiger partial charge in [0.1, 0.15) is 5.82 Å². The van der Waals surface area contributed by atoms with Crippen LogP contribution in [0.4, 0.5) is 5.82 Å². The first kappa shape index (κ1) is 10.3. The highest BCUT2D eigenvalue weighted by Gasteiger charge is 2.52. The summed E-state index contributed by atoms with van der Waals surface area (Å²) in [5.74, 6) is 1.32. The van der Waals surface area contributed by atoms with Gasteiger partial charge in [0.15, 0.2) is 0 Å². The lowest BCUT2D eigenvalue weighted by atomic mass is 9.72. The zero-order chi connectivity index (χ0) is 11.1. The highest BCUT2D eigenvalue weighted by atomic mass is 35.5. The van der Waals surface area contributed by atoms with Crippen LogP contribution in [0.25, 0.3) is 0 Å².